The summed E-state index contributed by atoms with van der Waals surface area (Å²) in [6.07, 6.45) is 2.76. The minimum Gasteiger partial charge on any atom is -0.399 e. The zero-order valence-corrected chi connectivity index (χ0v) is 12.9. The molecule has 3 N–H and O–H groups in total. The molecule has 2 rings (SSSR count). The molecular formula is C15H21ClN2O3. The van der Waals surface area contributed by atoms with Crippen molar-refractivity contribution >= 4 is 28.9 Å². The average Bonchev–Trinajstić information content (AvgIpc) is 2.48. The van der Waals surface area contributed by atoms with Crippen molar-refractivity contribution in [1.29, 1.82) is 0 Å². The van der Waals surface area contributed by atoms with Crippen molar-refractivity contribution in [1.82, 2.24) is 0 Å². The standard InChI is InChI=1S/C15H21ClN2O3/c1-10(21-9-12-4-2-3-7-20-12)15(19)18-14-6-5-11(17)8-13(14)16/h5-6,8,10,12H,2-4,7,9,17H2,1H3,(H,18,19). The van der Waals surface area contributed by atoms with Crippen molar-refractivity contribution in [3.8, 4) is 0 Å². The number of ether oxygens (including phenoxy) is 2. The maximum Gasteiger partial charge on any atom is 0.253 e. The highest BCUT2D eigenvalue weighted by atomic mass is 35.5. The highest BCUT2D eigenvalue weighted by Crippen LogP contribution is 2.24. The van der Waals surface area contributed by atoms with E-state index in [9.17, 15) is 4.79 Å². The van der Waals surface area contributed by atoms with E-state index < -0.39 is 6.10 Å². The fourth-order valence-electron chi connectivity index (χ4n) is 2.13. The lowest BCUT2D eigenvalue weighted by atomic mass is 10.1. The quantitative estimate of drug-likeness (QED) is 0.820. The Morgan fingerprint density at radius 3 is 3.05 bits per heavy atom. The summed E-state index contributed by atoms with van der Waals surface area (Å²) in [5.41, 5.74) is 6.69. The Labute approximate surface area is 129 Å². The van der Waals surface area contributed by atoms with Crippen molar-refractivity contribution < 1.29 is 14.3 Å². The van der Waals surface area contributed by atoms with Crippen molar-refractivity contribution in [3.05, 3.63) is 23.2 Å². The molecule has 1 fully saturated rings. The van der Waals surface area contributed by atoms with Crippen LogP contribution in [0.25, 0.3) is 0 Å². The van der Waals surface area contributed by atoms with Crippen molar-refractivity contribution in [3.63, 3.8) is 0 Å². The van der Waals surface area contributed by atoms with Crippen LogP contribution >= 0.6 is 11.6 Å². The SMILES string of the molecule is CC(OCC1CCCCO1)C(=O)Nc1ccc(N)cc1Cl. The van der Waals surface area contributed by atoms with Gasteiger partial charge in [-0.15, -0.1) is 0 Å². The van der Waals surface area contributed by atoms with Crippen LogP contribution in [-0.4, -0.2) is 31.3 Å². The molecule has 0 aliphatic carbocycles. The second kappa shape index (κ2) is 7.64. The van der Waals surface area contributed by atoms with E-state index in [-0.39, 0.29) is 12.0 Å². The van der Waals surface area contributed by atoms with Gasteiger partial charge in [-0.25, -0.2) is 0 Å². The second-order valence-electron chi connectivity index (χ2n) is 5.19. The molecule has 116 valence electrons. The summed E-state index contributed by atoms with van der Waals surface area (Å²) < 4.78 is 11.1. The van der Waals surface area contributed by atoms with Crippen LogP contribution in [0.5, 0.6) is 0 Å². The Kier molecular flexibility index (Phi) is 5.85. The van der Waals surface area contributed by atoms with Crippen LogP contribution in [0.3, 0.4) is 0 Å². The van der Waals surface area contributed by atoms with Gasteiger partial charge in [-0.05, 0) is 44.4 Å². The molecular weight excluding hydrogens is 292 g/mol. The van der Waals surface area contributed by atoms with E-state index in [1.165, 1.54) is 0 Å². The number of nitrogens with one attached hydrogen (secondary N) is 1. The van der Waals surface area contributed by atoms with Crippen LogP contribution in [0.2, 0.25) is 5.02 Å². The first-order valence-electron chi connectivity index (χ1n) is 7.15. The third-order valence-electron chi connectivity index (χ3n) is 3.43. The molecule has 1 aromatic carbocycles. The number of carbonyl (C=O) groups excluding carboxylic acids is 1. The van der Waals surface area contributed by atoms with Crippen LogP contribution in [0.15, 0.2) is 18.2 Å². The number of carbonyl (C=O) groups is 1. The van der Waals surface area contributed by atoms with Gasteiger partial charge in [-0.1, -0.05) is 11.6 Å². The number of nitrogens with two attached hydrogens (primary N) is 1. The maximum atomic E-state index is 12.1. The van der Waals surface area contributed by atoms with E-state index in [2.05, 4.69) is 5.32 Å². The molecule has 1 aliphatic heterocycles. The number of benzene rings is 1. The first-order valence-corrected chi connectivity index (χ1v) is 7.53. The average molecular weight is 313 g/mol. The molecule has 2 atom stereocenters. The second-order valence-corrected chi connectivity index (χ2v) is 5.60. The Balaban J connectivity index is 1.81. The zero-order chi connectivity index (χ0) is 15.2. The lowest BCUT2D eigenvalue weighted by Crippen LogP contribution is -2.32. The molecule has 0 spiro atoms. The highest BCUT2D eigenvalue weighted by Gasteiger charge is 2.19. The number of amides is 1. The van der Waals surface area contributed by atoms with Crippen LogP contribution in [0.4, 0.5) is 11.4 Å². The summed E-state index contributed by atoms with van der Waals surface area (Å²) in [5.74, 6) is -0.238. The lowest BCUT2D eigenvalue weighted by molar-refractivity contribution is -0.130. The Hall–Kier alpha value is -1.30. The summed E-state index contributed by atoms with van der Waals surface area (Å²) >= 11 is 6.02. The first-order chi connectivity index (χ1) is 10.1. The number of anilines is 2. The third-order valence-corrected chi connectivity index (χ3v) is 3.74. The first kappa shape index (κ1) is 16.1. The van der Waals surface area contributed by atoms with Crippen molar-refractivity contribution in [2.45, 2.75) is 38.4 Å². The number of nitrogen functional groups attached to an aromatic ring is 1. The Bertz CT molecular complexity index is 490. The van der Waals surface area contributed by atoms with Crippen LogP contribution in [0, 0.1) is 0 Å². The number of hydrogen-bond donors (Lipinski definition) is 2. The van der Waals surface area contributed by atoms with Gasteiger partial charge in [0, 0.05) is 12.3 Å². The van der Waals surface area contributed by atoms with Crippen LogP contribution in [-0.2, 0) is 14.3 Å². The molecule has 1 amide bonds. The van der Waals surface area contributed by atoms with E-state index in [0.29, 0.717) is 23.0 Å². The van der Waals surface area contributed by atoms with Crippen molar-refractivity contribution in [2.75, 3.05) is 24.3 Å². The van der Waals surface area contributed by atoms with E-state index in [0.717, 1.165) is 25.9 Å². The molecule has 1 aromatic rings. The minimum absolute atomic E-state index is 0.0918. The van der Waals surface area contributed by atoms with E-state index in [4.69, 9.17) is 26.8 Å². The van der Waals surface area contributed by atoms with Gasteiger partial charge < -0.3 is 20.5 Å². The molecule has 0 aromatic heterocycles. The van der Waals surface area contributed by atoms with Crippen LogP contribution in [0.1, 0.15) is 26.2 Å². The summed E-state index contributed by atoms with van der Waals surface area (Å²) in [6, 6.07) is 4.95. The van der Waals surface area contributed by atoms with E-state index in [1.54, 1.807) is 25.1 Å². The molecule has 1 heterocycles. The Morgan fingerprint density at radius 2 is 2.38 bits per heavy atom. The monoisotopic (exact) mass is 312 g/mol. The molecule has 2 unspecified atom stereocenters. The third kappa shape index (κ3) is 4.88. The largest absolute Gasteiger partial charge is 0.399 e. The van der Waals surface area contributed by atoms with Gasteiger partial charge in [0.05, 0.1) is 23.4 Å². The molecule has 0 bridgehead atoms. The van der Waals surface area contributed by atoms with E-state index in [1.807, 2.05) is 0 Å². The maximum absolute atomic E-state index is 12.1. The predicted molar refractivity (Wildman–Crippen MR) is 83.5 cm³/mol. The molecule has 21 heavy (non-hydrogen) atoms. The summed E-state index contributed by atoms with van der Waals surface area (Å²) in [4.78, 5) is 12.1. The van der Waals surface area contributed by atoms with Crippen molar-refractivity contribution in [2.24, 2.45) is 0 Å². The topological polar surface area (TPSA) is 73.6 Å². The summed E-state index contributed by atoms with van der Waals surface area (Å²) in [5, 5.41) is 3.14. The smallest absolute Gasteiger partial charge is 0.253 e. The number of hydrogen-bond acceptors (Lipinski definition) is 4. The summed E-state index contributed by atoms with van der Waals surface area (Å²) in [7, 11) is 0. The van der Waals surface area contributed by atoms with Gasteiger partial charge in [0.25, 0.3) is 5.91 Å². The number of halogens is 1. The van der Waals surface area contributed by atoms with E-state index >= 15 is 0 Å². The summed E-state index contributed by atoms with van der Waals surface area (Å²) in [6.45, 7) is 2.92. The van der Waals surface area contributed by atoms with Gasteiger partial charge >= 0.3 is 0 Å². The predicted octanol–water partition coefficient (Wildman–Crippen LogP) is 2.83. The lowest BCUT2D eigenvalue weighted by Gasteiger charge is -2.24. The molecule has 0 saturated carbocycles. The minimum atomic E-state index is -0.566. The van der Waals surface area contributed by atoms with Gasteiger partial charge in [0.1, 0.15) is 6.10 Å². The molecule has 1 aliphatic rings. The molecule has 0 radical (unpaired) electrons. The van der Waals surface area contributed by atoms with Gasteiger partial charge in [0.2, 0.25) is 0 Å². The zero-order valence-electron chi connectivity index (χ0n) is 12.1. The Morgan fingerprint density at radius 1 is 1.57 bits per heavy atom. The molecule has 5 nitrogen and oxygen atoms in total. The fraction of sp³-hybridized carbons (Fsp3) is 0.533. The number of rotatable bonds is 5. The molecule has 1 saturated heterocycles. The highest BCUT2D eigenvalue weighted by molar-refractivity contribution is 6.34. The molecule has 6 heteroatoms. The van der Waals surface area contributed by atoms with Gasteiger partial charge in [0.15, 0.2) is 0 Å². The fourth-order valence-corrected chi connectivity index (χ4v) is 2.37. The van der Waals surface area contributed by atoms with Gasteiger partial charge in [-0.3, -0.25) is 4.79 Å². The normalized spacial score (nSPS) is 20.0. The van der Waals surface area contributed by atoms with Crippen LogP contribution < -0.4 is 11.1 Å². The van der Waals surface area contributed by atoms with Gasteiger partial charge in [-0.2, -0.15) is 0 Å².